The minimum Gasteiger partial charge on any atom is -0.396 e. The molecule has 1 aliphatic rings. The number of H-pyrrole nitrogens is 1. The molecule has 1 saturated carbocycles. The van der Waals surface area contributed by atoms with Gasteiger partial charge in [-0.2, -0.15) is 0 Å². The lowest BCUT2D eigenvalue weighted by Gasteiger charge is -2.21. The van der Waals surface area contributed by atoms with E-state index in [-0.39, 0.29) is 5.41 Å². The maximum Gasteiger partial charge on any atom is 0.0499 e. The van der Waals surface area contributed by atoms with E-state index in [2.05, 4.69) is 23.0 Å². The Kier molecular flexibility index (Phi) is 3.12. The zero-order valence-electron chi connectivity index (χ0n) is 9.37. The Hall–Kier alpha value is -0.800. The van der Waals surface area contributed by atoms with Crippen molar-refractivity contribution in [3.8, 4) is 0 Å². The third-order valence-corrected chi connectivity index (χ3v) is 3.34. The summed E-state index contributed by atoms with van der Waals surface area (Å²) in [5.74, 6) is 0. The van der Waals surface area contributed by atoms with E-state index in [1.807, 2.05) is 12.4 Å². The maximum atomic E-state index is 9.23. The van der Waals surface area contributed by atoms with Crippen LogP contribution in [0.15, 0.2) is 18.5 Å². The number of rotatable bonds is 6. The van der Waals surface area contributed by atoms with Crippen molar-refractivity contribution in [1.29, 1.82) is 0 Å². The summed E-state index contributed by atoms with van der Waals surface area (Å²) in [5, 5.41) is 9.23. The van der Waals surface area contributed by atoms with Gasteiger partial charge >= 0.3 is 0 Å². The second-order valence-corrected chi connectivity index (χ2v) is 4.87. The van der Waals surface area contributed by atoms with Crippen molar-refractivity contribution in [2.45, 2.75) is 19.3 Å². The zero-order valence-corrected chi connectivity index (χ0v) is 9.37. The van der Waals surface area contributed by atoms with Gasteiger partial charge in [0.15, 0.2) is 0 Å². The van der Waals surface area contributed by atoms with Gasteiger partial charge in [0.2, 0.25) is 0 Å². The Morgan fingerprint density at radius 3 is 2.87 bits per heavy atom. The van der Waals surface area contributed by atoms with Crippen LogP contribution in [0.2, 0.25) is 0 Å². The summed E-state index contributed by atoms with van der Waals surface area (Å²) < 4.78 is 0. The van der Waals surface area contributed by atoms with Crippen molar-refractivity contribution in [1.82, 2.24) is 9.88 Å². The Morgan fingerprint density at radius 1 is 1.53 bits per heavy atom. The summed E-state index contributed by atoms with van der Waals surface area (Å²) >= 11 is 0. The van der Waals surface area contributed by atoms with E-state index in [9.17, 15) is 5.11 Å². The Morgan fingerprint density at radius 2 is 2.33 bits per heavy atom. The van der Waals surface area contributed by atoms with E-state index in [1.54, 1.807) is 0 Å². The second-order valence-electron chi connectivity index (χ2n) is 4.87. The molecule has 1 aromatic rings. The van der Waals surface area contributed by atoms with Gasteiger partial charge in [0.1, 0.15) is 0 Å². The monoisotopic (exact) mass is 208 g/mol. The van der Waals surface area contributed by atoms with Crippen molar-refractivity contribution < 1.29 is 5.11 Å². The van der Waals surface area contributed by atoms with Crippen LogP contribution in [-0.2, 0) is 6.42 Å². The number of aliphatic hydroxyl groups is 1. The van der Waals surface area contributed by atoms with Crippen LogP contribution in [0.3, 0.4) is 0 Å². The molecule has 0 amide bonds. The fourth-order valence-corrected chi connectivity index (χ4v) is 2.03. The molecule has 0 spiro atoms. The highest BCUT2D eigenvalue weighted by molar-refractivity contribution is 5.08. The highest BCUT2D eigenvalue weighted by Crippen LogP contribution is 2.45. The summed E-state index contributed by atoms with van der Waals surface area (Å²) in [7, 11) is 2.14. The Labute approximate surface area is 91.1 Å². The Balaban J connectivity index is 1.71. The highest BCUT2D eigenvalue weighted by atomic mass is 16.3. The normalized spacial score (nSPS) is 18.3. The van der Waals surface area contributed by atoms with Crippen LogP contribution in [0, 0.1) is 5.41 Å². The van der Waals surface area contributed by atoms with Gasteiger partial charge in [-0.3, -0.25) is 0 Å². The molecule has 0 unspecified atom stereocenters. The molecule has 0 atom stereocenters. The van der Waals surface area contributed by atoms with Crippen LogP contribution < -0.4 is 0 Å². The smallest absolute Gasteiger partial charge is 0.0499 e. The third kappa shape index (κ3) is 2.83. The van der Waals surface area contributed by atoms with E-state index in [4.69, 9.17) is 0 Å². The van der Waals surface area contributed by atoms with Crippen LogP contribution in [0.25, 0.3) is 0 Å². The molecule has 2 N–H and O–H groups in total. The van der Waals surface area contributed by atoms with E-state index < -0.39 is 0 Å². The Bertz CT molecular complexity index is 291. The lowest BCUT2D eigenvalue weighted by atomic mass is 10.1. The first-order chi connectivity index (χ1) is 7.24. The fraction of sp³-hybridized carbons (Fsp3) is 0.667. The molecule has 1 aromatic heterocycles. The number of aromatic amines is 1. The number of hydrogen-bond acceptors (Lipinski definition) is 2. The predicted molar refractivity (Wildman–Crippen MR) is 60.7 cm³/mol. The van der Waals surface area contributed by atoms with Gasteiger partial charge in [-0.1, -0.05) is 0 Å². The number of nitrogens with one attached hydrogen (secondary N) is 1. The number of likely N-dealkylation sites (N-methyl/N-ethyl adjacent to an activating group) is 1. The van der Waals surface area contributed by atoms with Crippen LogP contribution in [0.1, 0.15) is 18.4 Å². The van der Waals surface area contributed by atoms with Crippen LogP contribution >= 0.6 is 0 Å². The number of hydrogen-bond donors (Lipinski definition) is 2. The summed E-state index contributed by atoms with van der Waals surface area (Å²) in [6.45, 7) is 2.45. The van der Waals surface area contributed by atoms with Gasteiger partial charge in [-0.25, -0.2) is 0 Å². The largest absolute Gasteiger partial charge is 0.396 e. The molecule has 1 heterocycles. The molecule has 0 radical (unpaired) electrons. The zero-order chi connectivity index (χ0) is 10.7. The molecule has 0 aliphatic heterocycles. The minimum atomic E-state index is 0.243. The topological polar surface area (TPSA) is 39.3 Å². The maximum absolute atomic E-state index is 9.23. The van der Waals surface area contributed by atoms with Crippen molar-refractivity contribution in [3.63, 3.8) is 0 Å². The molecule has 3 nitrogen and oxygen atoms in total. The standard InChI is InChI=1S/C12H20N2O/c1-14(9-12(10-15)4-5-12)7-3-11-2-6-13-8-11/h2,6,8,13,15H,3-5,7,9-10H2,1H3. The SMILES string of the molecule is CN(CCc1cc[nH]c1)CC1(CO)CC1. The van der Waals surface area contributed by atoms with Gasteiger partial charge in [-0.05, 0) is 37.9 Å². The average Bonchev–Trinajstić information content (AvgIpc) is 2.80. The molecular weight excluding hydrogens is 188 g/mol. The lowest BCUT2D eigenvalue weighted by molar-refractivity contribution is 0.165. The summed E-state index contributed by atoms with van der Waals surface area (Å²) in [6, 6.07) is 2.12. The molecule has 3 heteroatoms. The second kappa shape index (κ2) is 4.37. The number of aliphatic hydroxyl groups excluding tert-OH is 1. The first-order valence-corrected chi connectivity index (χ1v) is 5.65. The van der Waals surface area contributed by atoms with E-state index >= 15 is 0 Å². The quantitative estimate of drug-likeness (QED) is 0.739. The highest BCUT2D eigenvalue weighted by Gasteiger charge is 2.42. The fourth-order valence-electron chi connectivity index (χ4n) is 2.03. The van der Waals surface area contributed by atoms with Crippen molar-refractivity contribution in [2.75, 3.05) is 26.7 Å². The van der Waals surface area contributed by atoms with Gasteiger partial charge < -0.3 is 15.0 Å². The molecule has 84 valence electrons. The molecule has 1 aliphatic carbocycles. The molecule has 1 fully saturated rings. The first kappa shape index (κ1) is 10.7. The van der Waals surface area contributed by atoms with Crippen molar-refractivity contribution in [2.24, 2.45) is 5.41 Å². The van der Waals surface area contributed by atoms with Crippen LogP contribution in [-0.4, -0.2) is 41.7 Å². The van der Waals surface area contributed by atoms with Crippen LogP contribution in [0.4, 0.5) is 0 Å². The molecule has 0 bridgehead atoms. The van der Waals surface area contributed by atoms with E-state index in [0.29, 0.717) is 6.61 Å². The van der Waals surface area contributed by atoms with Crippen LogP contribution in [0.5, 0.6) is 0 Å². The van der Waals surface area contributed by atoms with Crippen molar-refractivity contribution >= 4 is 0 Å². The number of aromatic nitrogens is 1. The molecule has 15 heavy (non-hydrogen) atoms. The van der Waals surface area contributed by atoms with Crippen molar-refractivity contribution in [3.05, 3.63) is 24.0 Å². The van der Waals surface area contributed by atoms with Gasteiger partial charge in [0, 0.05) is 37.5 Å². The predicted octanol–water partition coefficient (Wildman–Crippen LogP) is 1.26. The molecule has 0 saturated heterocycles. The molecule has 2 rings (SSSR count). The number of nitrogens with zero attached hydrogens (tertiary/aromatic N) is 1. The molecule has 0 aromatic carbocycles. The lowest BCUT2D eigenvalue weighted by Crippen LogP contribution is -2.30. The first-order valence-electron chi connectivity index (χ1n) is 5.65. The third-order valence-electron chi connectivity index (χ3n) is 3.34. The van der Waals surface area contributed by atoms with Gasteiger partial charge in [0.05, 0.1) is 0 Å². The average molecular weight is 208 g/mol. The summed E-state index contributed by atoms with van der Waals surface area (Å²) in [4.78, 5) is 5.40. The van der Waals surface area contributed by atoms with E-state index in [0.717, 1.165) is 19.5 Å². The van der Waals surface area contributed by atoms with E-state index in [1.165, 1.54) is 18.4 Å². The summed E-state index contributed by atoms with van der Waals surface area (Å²) in [5.41, 5.74) is 1.60. The molecular formula is C12H20N2O. The summed E-state index contributed by atoms with van der Waals surface area (Å²) in [6.07, 6.45) is 7.48. The van der Waals surface area contributed by atoms with Gasteiger partial charge in [0.25, 0.3) is 0 Å². The minimum absolute atomic E-state index is 0.243. The van der Waals surface area contributed by atoms with Gasteiger partial charge in [-0.15, -0.1) is 0 Å².